The maximum absolute atomic E-state index is 13.8. The molecule has 0 spiro atoms. The Labute approximate surface area is 232 Å². The molecule has 3 aromatic heterocycles. The predicted octanol–water partition coefficient (Wildman–Crippen LogP) is 3.12. The number of carbonyl (C=O) groups excluding carboxylic acids is 1. The minimum Gasteiger partial charge on any atom is -0.455 e. The topological polar surface area (TPSA) is 121 Å². The summed E-state index contributed by atoms with van der Waals surface area (Å²) in [6.07, 6.45) is 3.95. The smallest absolute Gasteiger partial charge is 0.357 e. The SMILES string of the molecule is CCS(=O)(=O)c1ccc(-n2c(=O)n([C@H]3CCN(Cc4ncc(C(=O)OC(C)(C)C)n4C)C3)c3ncccc32)cc1. The van der Waals surface area contributed by atoms with Gasteiger partial charge in [-0.2, -0.15) is 0 Å². The quantitative estimate of drug-likeness (QED) is 0.313. The van der Waals surface area contributed by atoms with Gasteiger partial charge in [0.15, 0.2) is 15.5 Å². The van der Waals surface area contributed by atoms with Gasteiger partial charge in [-0.25, -0.2) is 28.0 Å². The number of pyridine rings is 1. The lowest BCUT2D eigenvalue weighted by molar-refractivity contribution is 0.00583. The van der Waals surface area contributed by atoms with E-state index in [1.807, 2.05) is 26.8 Å². The van der Waals surface area contributed by atoms with Crippen LogP contribution in [0.1, 0.15) is 56.5 Å². The van der Waals surface area contributed by atoms with Crippen molar-refractivity contribution in [2.45, 2.75) is 57.2 Å². The van der Waals surface area contributed by atoms with E-state index < -0.39 is 21.4 Å². The van der Waals surface area contributed by atoms with Crippen LogP contribution in [0.15, 0.2) is 58.5 Å². The van der Waals surface area contributed by atoms with Gasteiger partial charge < -0.3 is 9.30 Å². The van der Waals surface area contributed by atoms with Crippen molar-refractivity contribution in [3.63, 3.8) is 0 Å². The average Bonchev–Trinajstić information content (AvgIpc) is 3.59. The van der Waals surface area contributed by atoms with Gasteiger partial charge >= 0.3 is 11.7 Å². The predicted molar refractivity (Wildman–Crippen MR) is 150 cm³/mol. The van der Waals surface area contributed by atoms with Crippen LogP contribution in [0.3, 0.4) is 0 Å². The van der Waals surface area contributed by atoms with Crippen LogP contribution in [-0.2, 0) is 28.2 Å². The van der Waals surface area contributed by atoms with Crippen molar-refractivity contribution in [3.8, 4) is 5.69 Å². The van der Waals surface area contributed by atoms with Crippen LogP contribution < -0.4 is 5.69 Å². The van der Waals surface area contributed by atoms with E-state index in [1.54, 1.807) is 52.1 Å². The number of hydrogen-bond donors (Lipinski definition) is 0. The van der Waals surface area contributed by atoms with Crippen molar-refractivity contribution in [2.24, 2.45) is 7.05 Å². The molecule has 0 radical (unpaired) electrons. The highest BCUT2D eigenvalue weighted by Gasteiger charge is 2.30. The maximum Gasteiger partial charge on any atom is 0.357 e. The number of fused-ring (bicyclic) bond motifs is 1. The Balaban J connectivity index is 1.40. The summed E-state index contributed by atoms with van der Waals surface area (Å²) in [5.74, 6) is 0.323. The fourth-order valence-corrected chi connectivity index (χ4v) is 5.96. The second-order valence-corrected chi connectivity index (χ2v) is 13.3. The third-order valence-electron chi connectivity index (χ3n) is 7.14. The van der Waals surface area contributed by atoms with Crippen LogP contribution in [0.4, 0.5) is 0 Å². The van der Waals surface area contributed by atoms with Crippen LogP contribution in [0.2, 0.25) is 0 Å². The van der Waals surface area contributed by atoms with Crippen LogP contribution in [0.5, 0.6) is 0 Å². The molecule has 1 aromatic carbocycles. The normalized spacial score (nSPS) is 16.6. The van der Waals surface area contributed by atoms with Gasteiger partial charge in [-0.1, -0.05) is 6.92 Å². The summed E-state index contributed by atoms with van der Waals surface area (Å²) in [6.45, 7) is 8.95. The number of aromatic nitrogens is 5. The summed E-state index contributed by atoms with van der Waals surface area (Å²) in [5, 5.41) is 0. The Kier molecular flexibility index (Phi) is 7.17. The molecular weight excluding hydrogens is 532 g/mol. The van der Waals surface area contributed by atoms with Gasteiger partial charge in [-0.15, -0.1) is 0 Å². The first-order valence-corrected chi connectivity index (χ1v) is 14.9. The van der Waals surface area contributed by atoms with Crippen LogP contribution in [0, 0.1) is 0 Å². The molecule has 0 amide bonds. The van der Waals surface area contributed by atoms with Gasteiger partial charge in [0.1, 0.15) is 17.1 Å². The van der Waals surface area contributed by atoms with Crippen LogP contribution in [0.25, 0.3) is 16.9 Å². The van der Waals surface area contributed by atoms with E-state index >= 15 is 0 Å². The molecule has 1 aliphatic rings. The molecule has 1 aliphatic heterocycles. The second kappa shape index (κ2) is 10.3. The first-order valence-electron chi connectivity index (χ1n) is 13.3. The lowest BCUT2D eigenvalue weighted by Crippen LogP contribution is -2.29. The molecule has 0 N–H and O–H groups in total. The van der Waals surface area contributed by atoms with Gasteiger partial charge in [0.05, 0.1) is 40.6 Å². The summed E-state index contributed by atoms with van der Waals surface area (Å²) in [7, 11) is -1.55. The number of hydrogen-bond acceptors (Lipinski definition) is 8. The molecule has 0 saturated carbocycles. The summed E-state index contributed by atoms with van der Waals surface area (Å²) in [5.41, 5.74) is 1.38. The number of rotatable bonds is 7. The average molecular weight is 567 g/mol. The molecule has 1 fully saturated rings. The summed E-state index contributed by atoms with van der Waals surface area (Å²) in [6, 6.07) is 9.90. The molecule has 12 heteroatoms. The number of esters is 1. The molecule has 5 rings (SSSR count). The Morgan fingerprint density at radius 2 is 1.85 bits per heavy atom. The molecule has 11 nitrogen and oxygen atoms in total. The maximum atomic E-state index is 13.8. The van der Waals surface area contributed by atoms with Gasteiger partial charge in [0, 0.05) is 26.3 Å². The zero-order valence-electron chi connectivity index (χ0n) is 23.4. The molecule has 0 unspecified atom stereocenters. The highest BCUT2D eigenvalue weighted by Crippen LogP contribution is 2.27. The molecule has 1 atom stereocenters. The lowest BCUT2D eigenvalue weighted by atomic mass is 10.2. The first kappa shape index (κ1) is 27.8. The Morgan fingerprint density at radius 3 is 2.52 bits per heavy atom. The molecule has 40 heavy (non-hydrogen) atoms. The van der Waals surface area contributed by atoms with E-state index in [-0.39, 0.29) is 22.4 Å². The zero-order chi connectivity index (χ0) is 28.8. The summed E-state index contributed by atoms with van der Waals surface area (Å²) >= 11 is 0. The molecule has 4 heterocycles. The van der Waals surface area contributed by atoms with Gasteiger partial charge in [-0.05, 0) is 63.6 Å². The van der Waals surface area contributed by atoms with Crippen LogP contribution in [-0.4, -0.2) is 67.4 Å². The molecular formula is C28H34N6O5S. The summed E-state index contributed by atoms with van der Waals surface area (Å²) < 4.78 is 35.1. The van der Waals surface area contributed by atoms with Crippen molar-refractivity contribution in [1.82, 2.24) is 28.6 Å². The largest absolute Gasteiger partial charge is 0.455 e. The van der Waals surface area contributed by atoms with E-state index in [1.165, 1.54) is 18.3 Å². The Bertz CT molecular complexity index is 1730. The molecule has 1 saturated heterocycles. The Hall–Kier alpha value is -3.77. The molecule has 0 aliphatic carbocycles. The van der Waals surface area contributed by atoms with E-state index in [2.05, 4.69) is 14.9 Å². The van der Waals surface area contributed by atoms with Crippen molar-refractivity contribution in [1.29, 1.82) is 0 Å². The standard InChI is InChI=1S/C28H34N6O5S/c1-6-40(37,38)21-11-9-19(10-12-21)33-22-8-7-14-29-25(22)34(27(33)36)20-13-15-32(17-20)18-24-30-16-23(31(24)5)26(35)39-28(2,3)4/h7-12,14,16,20H,6,13,15,17-18H2,1-5H3/t20-/m0/s1. The van der Waals surface area contributed by atoms with E-state index in [0.717, 1.165) is 18.8 Å². The van der Waals surface area contributed by atoms with E-state index in [9.17, 15) is 18.0 Å². The highest BCUT2D eigenvalue weighted by molar-refractivity contribution is 7.91. The second-order valence-electron chi connectivity index (χ2n) is 11.0. The number of ether oxygens (including phenoxy) is 1. The third-order valence-corrected chi connectivity index (χ3v) is 8.89. The number of carbonyl (C=O) groups is 1. The van der Waals surface area contributed by atoms with E-state index in [4.69, 9.17) is 4.74 Å². The van der Waals surface area contributed by atoms with Crippen LogP contribution >= 0.6 is 0 Å². The van der Waals surface area contributed by atoms with Crippen molar-refractivity contribution >= 4 is 27.0 Å². The van der Waals surface area contributed by atoms with Crippen molar-refractivity contribution in [3.05, 3.63) is 70.8 Å². The molecule has 4 aromatic rings. The van der Waals surface area contributed by atoms with Gasteiger partial charge in [0.25, 0.3) is 0 Å². The van der Waals surface area contributed by atoms with Crippen molar-refractivity contribution < 1.29 is 17.9 Å². The molecule has 0 bridgehead atoms. The number of nitrogens with zero attached hydrogens (tertiary/aromatic N) is 6. The van der Waals surface area contributed by atoms with Crippen molar-refractivity contribution in [2.75, 3.05) is 18.8 Å². The highest BCUT2D eigenvalue weighted by atomic mass is 32.2. The van der Waals surface area contributed by atoms with E-state index in [0.29, 0.717) is 35.6 Å². The molecule has 212 valence electrons. The fourth-order valence-electron chi connectivity index (χ4n) is 5.08. The Morgan fingerprint density at radius 1 is 1.12 bits per heavy atom. The monoisotopic (exact) mass is 566 g/mol. The summed E-state index contributed by atoms with van der Waals surface area (Å²) in [4.78, 5) is 37.8. The lowest BCUT2D eigenvalue weighted by Gasteiger charge is -2.20. The fraction of sp³-hybridized carbons (Fsp3) is 0.429. The van der Waals surface area contributed by atoms with Gasteiger partial charge in [0.2, 0.25) is 0 Å². The number of benzene rings is 1. The number of likely N-dealkylation sites (tertiary alicyclic amines) is 1. The zero-order valence-corrected chi connectivity index (χ0v) is 24.2. The minimum absolute atomic E-state index is 0.00823. The number of sulfone groups is 1. The minimum atomic E-state index is -3.35. The number of imidazole rings is 2. The van der Waals surface area contributed by atoms with Gasteiger partial charge in [-0.3, -0.25) is 14.0 Å². The third kappa shape index (κ3) is 5.20. The first-order chi connectivity index (χ1) is 18.9.